The summed E-state index contributed by atoms with van der Waals surface area (Å²) in [6.07, 6.45) is -96.7. The number of ether oxygens (including phenoxy) is 20. The lowest BCUT2D eigenvalue weighted by Crippen LogP contribution is -2.70. The van der Waals surface area contributed by atoms with E-state index in [4.69, 9.17) is 94.7 Å². The zero-order chi connectivity index (χ0) is 86.5. The molecule has 1 amide bonds. The number of carbonyl (C=O) groups excluding carboxylic acids is 1. The number of hydrogen-bond donors (Lipinski definition) is 30. The lowest BCUT2D eigenvalue weighted by Gasteiger charge is -2.51. The van der Waals surface area contributed by atoms with Crippen molar-refractivity contribution in [1.82, 2.24) is 5.32 Å². The van der Waals surface area contributed by atoms with E-state index in [1.54, 1.807) is 6.92 Å². The Bertz CT molecular complexity index is 2980. The maximum atomic E-state index is 13.1. The maximum absolute atomic E-state index is 13.1. The van der Waals surface area contributed by atoms with Crippen molar-refractivity contribution in [2.24, 2.45) is 5.92 Å². The summed E-state index contributed by atoms with van der Waals surface area (Å²) in [5.41, 5.74) is 0. The summed E-state index contributed by atoms with van der Waals surface area (Å²) in [6.45, 7) is -6.70. The lowest BCUT2D eigenvalue weighted by molar-refractivity contribution is -0.407. The van der Waals surface area contributed by atoms with Crippen molar-refractivity contribution in [3.05, 3.63) is 0 Å². The van der Waals surface area contributed by atoms with Gasteiger partial charge < -0.3 is 248 Å². The van der Waals surface area contributed by atoms with E-state index in [1.807, 2.05) is 0 Å². The first-order valence-corrected chi connectivity index (χ1v) is 38.5. The van der Waals surface area contributed by atoms with Gasteiger partial charge in [-0.05, 0) is 6.42 Å². The van der Waals surface area contributed by atoms with E-state index < -0.39 is 379 Å². The van der Waals surface area contributed by atoms with Gasteiger partial charge in [0, 0.05) is 19.4 Å². The van der Waals surface area contributed by atoms with Gasteiger partial charge in [-0.15, -0.1) is 0 Å². The van der Waals surface area contributed by atoms with Crippen LogP contribution in [0.15, 0.2) is 0 Å². The molecule has 0 aromatic heterocycles. The molecule has 10 aliphatic heterocycles. The third-order valence-electron chi connectivity index (χ3n) is 22.4. The maximum Gasteiger partial charge on any atom is 0.217 e. The minimum absolute atomic E-state index is 0.224. The number of aliphatic hydroxyl groups excluding tert-OH is 29. The Morgan fingerprint density at radius 1 is 0.263 bits per heavy atom. The van der Waals surface area contributed by atoms with Crippen molar-refractivity contribution in [2.45, 2.75) is 335 Å². The highest BCUT2D eigenvalue weighted by Gasteiger charge is 2.62. The summed E-state index contributed by atoms with van der Waals surface area (Å²) < 4.78 is 119. The number of aliphatic hydroxyl groups is 29. The molecule has 21 unspecified atom stereocenters. The van der Waals surface area contributed by atoms with Gasteiger partial charge in [-0.2, -0.15) is 0 Å². The van der Waals surface area contributed by atoms with E-state index in [0.29, 0.717) is 6.42 Å². The Morgan fingerprint density at radius 2 is 0.542 bits per heavy atom. The van der Waals surface area contributed by atoms with E-state index in [2.05, 4.69) is 5.32 Å². The first-order valence-electron chi connectivity index (χ1n) is 38.5. The van der Waals surface area contributed by atoms with Gasteiger partial charge in [0.25, 0.3) is 0 Å². The molecule has 51 heteroatoms. The molecular weight excluding hydrogens is 1620 g/mol. The normalized spacial score (nSPS) is 51.2. The Kier molecular flexibility index (Phi) is 35.9. The van der Waals surface area contributed by atoms with E-state index in [0.717, 1.165) is 6.92 Å². The Hall–Kier alpha value is -2.49. The second-order valence-electron chi connectivity index (χ2n) is 30.3. The van der Waals surface area contributed by atoms with Crippen molar-refractivity contribution in [3.63, 3.8) is 0 Å². The fourth-order valence-corrected chi connectivity index (χ4v) is 15.4. The second kappa shape index (κ2) is 43.3. The zero-order valence-corrected chi connectivity index (χ0v) is 63.6. The van der Waals surface area contributed by atoms with Crippen LogP contribution >= 0.6 is 0 Å². The summed E-state index contributed by atoms with van der Waals surface area (Å²) in [5, 5.41) is 323. The van der Waals surface area contributed by atoms with Gasteiger partial charge in [0.15, 0.2) is 62.9 Å². The summed E-state index contributed by atoms with van der Waals surface area (Å²) >= 11 is 0. The highest BCUT2D eigenvalue weighted by atomic mass is 16.8. The van der Waals surface area contributed by atoms with Gasteiger partial charge in [0.05, 0.1) is 72.2 Å². The van der Waals surface area contributed by atoms with Crippen LogP contribution in [-0.4, -0.2) is 528 Å². The molecule has 118 heavy (non-hydrogen) atoms. The highest BCUT2D eigenvalue weighted by molar-refractivity contribution is 5.73. The van der Waals surface area contributed by atoms with Crippen LogP contribution in [0.5, 0.6) is 0 Å². The monoisotopic (exact) mass is 1730 g/mol. The molecule has 0 saturated carbocycles. The average molecular weight is 1730 g/mol. The Labute approximate surface area is 670 Å². The molecule has 50 atom stereocenters. The predicted octanol–water partition coefficient (Wildman–Crippen LogP) is -19.6. The van der Waals surface area contributed by atoms with Crippen LogP contribution in [0.4, 0.5) is 0 Å². The molecule has 10 saturated heterocycles. The van der Waals surface area contributed by atoms with Crippen molar-refractivity contribution in [2.75, 3.05) is 72.7 Å². The SMILES string of the molecule is CCCCO[C@H]1OC(CO[C@@H]2OC(CO)[C@@H](O)[C@H](O)C2O[C@H]2OC(CO)[C@@H](O[C@@H]3OC(CO)[C@H](O[C@H]4OC(CO)[C@H](O)[C@H](O)C4C)[C@H](O)C3O)[C@H](O)C2O)[C@@H](O[C@@H]2OC(CO)[C@@H](O)[C@H](O)C2OC2OC(CO)[C@@H](O[C@@H]3OC(CO)[C@H](O[C@H]4OC(CO)[C@H](O)[C@H](O)C4O)[C@H](O)C3O)[C@H](O)C2NC(C)=O)[C@H](O[C@@H]2OC(CO)[C@@H](O)[C@H](O)C2O)C1O. The fraction of sp³-hybridized carbons (Fsp3) is 0.985. The molecule has 51 nitrogen and oxygen atoms in total. The molecule has 0 radical (unpaired) electrons. The van der Waals surface area contributed by atoms with Gasteiger partial charge in [-0.3, -0.25) is 4.79 Å². The number of hydrogen-bond acceptors (Lipinski definition) is 50. The minimum Gasteiger partial charge on any atom is -0.394 e. The van der Waals surface area contributed by atoms with Crippen molar-refractivity contribution in [1.29, 1.82) is 0 Å². The van der Waals surface area contributed by atoms with Gasteiger partial charge in [0.2, 0.25) is 5.91 Å². The number of nitrogens with one attached hydrogen (secondary N) is 1. The van der Waals surface area contributed by atoms with Crippen LogP contribution in [0, 0.1) is 5.92 Å². The van der Waals surface area contributed by atoms with E-state index >= 15 is 0 Å². The molecule has 0 aliphatic carbocycles. The Morgan fingerprint density at radius 3 is 0.941 bits per heavy atom. The van der Waals surface area contributed by atoms with Gasteiger partial charge in [0.1, 0.15) is 232 Å². The number of unbranched alkanes of at least 4 members (excludes halogenated alkanes) is 1. The lowest BCUT2D eigenvalue weighted by atomic mass is 9.92. The Balaban J connectivity index is 0.923. The smallest absolute Gasteiger partial charge is 0.217 e. The molecule has 10 rings (SSSR count). The van der Waals surface area contributed by atoms with E-state index in [9.17, 15) is 153 Å². The zero-order valence-electron chi connectivity index (χ0n) is 63.6. The highest BCUT2D eigenvalue weighted by Crippen LogP contribution is 2.42. The molecular formula is C67H115NO50. The summed E-state index contributed by atoms with van der Waals surface area (Å²) in [4.78, 5) is 13.1. The standard InChI is InChI=1S/C67H115NO50/c1-4-5-6-99-60-49(98)55(116-62-45(94)38(87)33(82)21(9-71)103-62)54(115-67-57(40(89)35(84)23(11-73)105-67)117-59-29(68-18(3)78)36(85)50(24(12-74)106-59)112-63-47(96)42(91)52(26(14-76)108-63)113-61-44(93)37(86)32(81)20(8-70)102-61)28(110-60)16-100-66-56(39(88)34(83)22(10-72)104-66)118-65-48(97)43(92)53(27(15-77)109-65)114-64-46(95)41(90)51(25(13-75)107-64)111-58-17(2)30(79)31(80)19(7-69)101-58/h17,19-67,69-77,79-98H,4-16H2,1-3H3,(H,68,78)/t17?,19?,20?,21?,22?,23?,24?,25?,26?,27?,28?,29?,30-,31+,32+,33-,34-,35-,36-,37+,38+,39+,40+,41-,42-,43-,44?,45?,46?,47?,48?,49?,50-,51+,52+,53-,54-,55-,56?,57?,58-,59?,60+,61-,62+,63+,64+,65-,66-,67+/m1/s1. The van der Waals surface area contributed by atoms with Crippen LogP contribution in [0.3, 0.4) is 0 Å². The first-order chi connectivity index (χ1) is 56.1. The molecule has 0 spiro atoms. The van der Waals surface area contributed by atoms with Crippen LogP contribution in [0.2, 0.25) is 0 Å². The van der Waals surface area contributed by atoms with Crippen LogP contribution in [0.25, 0.3) is 0 Å². The minimum atomic E-state index is -2.40. The average Bonchev–Trinajstić information content (AvgIpc) is 0.766. The summed E-state index contributed by atoms with van der Waals surface area (Å²) in [5.74, 6) is -2.02. The molecule has 0 bridgehead atoms. The van der Waals surface area contributed by atoms with Gasteiger partial charge in [-0.25, -0.2) is 0 Å². The van der Waals surface area contributed by atoms with Crippen LogP contribution < -0.4 is 5.32 Å². The third-order valence-corrected chi connectivity index (χ3v) is 22.4. The number of amides is 1. The molecule has 30 N–H and O–H groups in total. The predicted molar refractivity (Wildman–Crippen MR) is 363 cm³/mol. The number of carbonyl (C=O) groups is 1. The van der Waals surface area contributed by atoms with Crippen molar-refractivity contribution >= 4 is 5.91 Å². The molecule has 0 aromatic carbocycles. The second-order valence-corrected chi connectivity index (χ2v) is 30.3. The quantitative estimate of drug-likeness (QED) is 0.0271. The van der Waals surface area contributed by atoms with Crippen LogP contribution in [0.1, 0.15) is 33.6 Å². The molecule has 0 aromatic rings. The van der Waals surface area contributed by atoms with Gasteiger partial charge >= 0.3 is 0 Å². The third kappa shape index (κ3) is 21.0. The van der Waals surface area contributed by atoms with Crippen molar-refractivity contribution in [3.8, 4) is 0 Å². The number of rotatable bonds is 33. The first kappa shape index (κ1) is 97.7. The molecule has 10 heterocycles. The summed E-state index contributed by atoms with van der Waals surface area (Å²) in [7, 11) is 0. The largest absolute Gasteiger partial charge is 0.394 e. The topological polar surface area (TPSA) is 800 Å². The van der Waals surface area contributed by atoms with Crippen LogP contribution in [-0.2, 0) is 99.5 Å². The molecule has 10 fully saturated rings. The van der Waals surface area contributed by atoms with Gasteiger partial charge in [-0.1, -0.05) is 20.3 Å². The molecule has 10 aliphatic rings. The fourth-order valence-electron chi connectivity index (χ4n) is 15.4. The molecule has 688 valence electrons. The summed E-state index contributed by atoms with van der Waals surface area (Å²) in [6, 6.07) is -2.01. The van der Waals surface area contributed by atoms with Crippen molar-refractivity contribution < 1.29 is 248 Å². The van der Waals surface area contributed by atoms with E-state index in [-0.39, 0.29) is 13.0 Å². The van der Waals surface area contributed by atoms with E-state index in [1.165, 1.54) is 6.92 Å².